The highest BCUT2D eigenvalue weighted by molar-refractivity contribution is 5.92. The Kier molecular flexibility index (Phi) is 17.1. The molecule has 26 heavy (non-hydrogen) atoms. The summed E-state index contributed by atoms with van der Waals surface area (Å²) in [6, 6.07) is 0. The summed E-state index contributed by atoms with van der Waals surface area (Å²) >= 11 is 0. The van der Waals surface area contributed by atoms with Crippen LogP contribution in [0.5, 0.6) is 0 Å². The first kappa shape index (κ1) is 24.4. The van der Waals surface area contributed by atoms with E-state index in [1.165, 1.54) is 51.4 Å². The smallest absolute Gasteiger partial charge is 0.317 e. The summed E-state index contributed by atoms with van der Waals surface area (Å²) in [5.74, 6) is -3.70. The lowest BCUT2D eigenvalue weighted by molar-refractivity contribution is -0.154. The molecule has 0 aromatic rings. The minimum absolute atomic E-state index is 0.234. The van der Waals surface area contributed by atoms with Gasteiger partial charge in [0, 0.05) is 0 Å². The van der Waals surface area contributed by atoms with E-state index in [0.717, 1.165) is 25.7 Å². The first-order valence-corrected chi connectivity index (χ1v) is 10.4. The van der Waals surface area contributed by atoms with Crippen molar-refractivity contribution in [3.05, 3.63) is 24.3 Å². The van der Waals surface area contributed by atoms with Gasteiger partial charge in [-0.1, -0.05) is 89.0 Å². The number of rotatable bonds is 18. The van der Waals surface area contributed by atoms with Gasteiger partial charge < -0.3 is 10.2 Å². The Morgan fingerprint density at radius 1 is 0.692 bits per heavy atom. The van der Waals surface area contributed by atoms with E-state index in [0.29, 0.717) is 6.42 Å². The lowest BCUT2D eigenvalue weighted by Gasteiger charge is -2.06. The molecule has 0 saturated heterocycles. The van der Waals surface area contributed by atoms with E-state index in [1.807, 2.05) is 0 Å². The Morgan fingerprint density at radius 3 is 1.58 bits per heavy atom. The van der Waals surface area contributed by atoms with Gasteiger partial charge in [0.05, 0.1) is 0 Å². The molecule has 150 valence electrons. The molecule has 0 amide bonds. The van der Waals surface area contributed by atoms with Crippen LogP contribution >= 0.6 is 0 Å². The highest BCUT2D eigenvalue weighted by Crippen LogP contribution is 2.13. The van der Waals surface area contributed by atoms with Crippen molar-refractivity contribution in [2.75, 3.05) is 0 Å². The quantitative estimate of drug-likeness (QED) is 0.168. The lowest BCUT2D eigenvalue weighted by atomic mass is 10.0. The third-order valence-corrected chi connectivity index (χ3v) is 4.57. The van der Waals surface area contributed by atoms with E-state index in [-0.39, 0.29) is 6.42 Å². The van der Waals surface area contributed by atoms with Gasteiger partial charge in [0.1, 0.15) is 0 Å². The van der Waals surface area contributed by atoms with Crippen LogP contribution in [0, 0.1) is 5.92 Å². The van der Waals surface area contributed by atoms with Crippen molar-refractivity contribution in [3.63, 3.8) is 0 Å². The number of allylic oxidation sites excluding steroid dienone is 4. The number of carboxylic acid groups (broad SMARTS) is 2. The molecule has 0 spiro atoms. The Bertz CT molecular complexity index is 398. The second-order valence-electron chi connectivity index (χ2n) is 6.99. The molecular weight excluding hydrogens is 328 g/mol. The summed E-state index contributed by atoms with van der Waals surface area (Å²) in [5.41, 5.74) is 0. The number of aliphatic carboxylic acids is 2. The minimum Gasteiger partial charge on any atom is -0.481 e. The largest absolute Gasteiger partial charge is 0.481 e. The molecule has 0 aromatic heterocycles. The molecule has 0 fully saturated rings. The Hall–Kier alpha value is -1.58. The van der Waals surface area contributed by atoms with Crippen LogP contribution in [0.4, 0.5) is 0 Å². The second-order valence-corrected chi connectivity index (χ2v) is 6.99. The average Bonchev–Trinajstić information content (AvgIpc) is 2.60. The first-order chi connectivity index (χ1) is 12.6. The maximum absolute atomic E-state index is 10.8. The van der Waals surface area contributed by atoms with Gasteiger partial charge in [-0.3, -0.25) is 9.59 Å². The van der Waals surface area contributed by atoms with Gasteiger partial charge in [0.2, 0.25) is 0 Å². The zero-order valence-electron chi connectivity index (χ0n) is 16.5. The van der Waals surface area contributed by atoms with E-state index in [4.69, 9.17) is 10.2 Å². The number of hydrogen-bond donors (Lipinski definition) is 2. The molecule has 0 heterocycles. The minimum atomic E-state index is -1.25. The number of hydrogen-bond acceptors (Lipinski definition) is 2. The molecule has 0 bridgehead atoms. The molecule has 0 aliphatic heterocycles. The van der Waals surface area contributed by atoms with Crippen LogP contribution < -0.4 is 0 Å². The van der Waals surface area contributed by atoms with E-state index in [2.05, 4.69) is 31.2 Å². The normalized spacial score (nSPS) is 11.8. The molecule has 0 aliphatic rings. The molecular formula is C22H38O4. The summed E-state index contributed by atoms with van der Waals surface area (Å²) in [4.78, 5) is 21.5. The highest BCUT2D eigenvalue weighted by Gasteiger charge is 2.24. The van der Waals surface area contributed by atoms with Crippen molar-refractivity contribution in [2.24, 2.45) is 5.92 Å². The van der Waals surface area contributed by atoms with Gasteiger partial charge >= 0.3 is 11.9 Å². The van der Waals surface area contributed by atoms with Crippen molar-refractivity contribution in [3.8, 4) is 0 Å². The van der Waals surface area contributed by atoms with Gasteiger partial charge in [0.15, 0.2) is 5.92 Å². The van der Waals surface area contributed by atoms with E-state index in [1.54, 1.807) is 0 Å². The van der Waals surface area contributed by atoms with E-state index < -0.39 is 17.9 Å². The van der Waals surface area contributed by atoms with Crippen LogP contribution in [0.25, 0.3) is 0 Å². The molecule has 4 nitrogen and oxygen atoms in total. The van der Waals surface area contributed by atoms with Gasteiger partial charge in [0.25, 0.3) is 0 Å². The van der Waals surface area contributed by atoms with Crippen LogP contribution in [-0.4, -0.2) is 22.2 Å². The van der Waals surface area contributed by atoms with Crippen molar-refractivity contribution < 1.29 is 19.8 Å². The van der Waals surface area contributed by atoms with Crippen molar-refractivity contribution in [1.82, 2.24) is 0 Å². The average molecular weight is 367 g/mol. The van der Waals surface area contributed by atoms with Gasteiger partial charge in [-0.15, -0.1) is 0 Å². The van der Waals surface area contributed by atoms with Crippen LogP contribution in [0.1, 0.15) is 96.8 Å². The van der Waals surface area contributed by atoms with Crippen molar-refractivity contribution in [1.29, 1.82) is 0 Å². The van der Waals surface area contributed by atoms with Crippen molar-refractivity contribution in [2.45, 2.75) is 96.8 Å². The molecule has 2 N–H and O–H groups in total. The molecule has 0 aromatic carbocycles. The molecule has 0 radical (unpaired) electrons. The van der Waals surface area contributed by atoms with Crippen LogP contribution in [-0.2, 0) is 9.59 Å². The molecule has 0 saturated carbocycles. The summed E-state index contributed by atoms with van der Waals surface area (Å²) in [6.07, 6.45) is 24.1. The number of carbonyl (C=O) groups is 2. The third kappa shape index (κ3) is 15.9. The molecule has 0 unspecified atom stereocenters. The predicted molar refractivity (Wildman–Crippen MR) is 107 cm³/mol. The SMILES string of the molecule is CCCCCCCC=CC=CCCCCCCCCC(C(=O)O)C(=O)O. The van der Waals surface area contributed by atoms with E-state index >= 15 is 0 Å². The van der Waals surface area contributed by atoms with E-state index in [9.17, 15) is 9.59 Å². The maximum Gasteiger partial charge on any atom is 0.317 e. The molecule has 0 atom stereocenters. The Labute approximate surface area is 159 Å². The number of carboxylic acids is 2. The fraction of sp³-hybridized carbons (Fsp3) is 0.727. The van der Waals surface area contributed by atoms with Crippen LogP contribution in [0.15, 0.2) is 24.3 Å². The Balaban J connectivity index is 3.40. The summed E-state index contributed by atoms with van der Waals surface area (Å²) < 4.78 is 0. The summed E-state index contributed by atoms with van der Waals surface area (Å²) in [6.45, 7) is 2.24. The lowest BCUT2D eigenvalue weighted by Crippen LogP contribution is -2.23. The topological polar surface area (TPSA) is 74.6 Å². The monoisotopic (exact) mass is 366 g/mol. The fourth-order valence-electron chi connectivity index (χ4n) is 2.89. The standard InChI is InChI=1S/C22H38O4/c1-2-3-4-5-6-7-8-9-10-11-12-13-14-15-16-17-18-19-20(21(23)24)22(25)26/h8-11,20H,2-7,12-19H2,1H3,(H,23,24)(H,25,26). The fourth-order valence-corrected chi connectivity index (χ4v) is 2.89. The zero-order valence-corrected chi connectivity index (χ0v) is 16.5. The van der Waals surface area contributed by atoms with Gasteiger partial charge in [-0.05, 0) is 32.1 Å². The Morgan fingerprint density at radius 2 is 1.12 bits per heavy atom. The van der Waals surface area contributed by atoms with Gasteiger partial charge in [-0.2, -0.15) is 0 Å². The number of unbranched alkanes of at least 4 members (excludes halogenated alkanes) is 11. The summed E-state index contributed by atoms with van der Waals surface area (Å²) in [7, 11) is 0. The van der Waals surface area contributed by atoms with Gasteiger partial charge in [-0.25, -0.2) is 0 Å². The van der Waals surface area contributed by atoms with Crippen LogP contribution in [0.3, 0.4) is 0 Å². The zero-order chi connectivity index (χ0) is 19.5. The first-order valence-electron chi connectivity index (χ1n) is 10.4. The van der Waals surface area contributed by atoms with Crippen LogP contribution in [0.2, 0.25) is 0 Å². The third-order valence-electron chi connectivity index (χ3n) is 4.57. The summed E-state index contributed by atoms with van der Waals surface area (Å²) in [5, 5.41) is 17.6. The molecule has 0 aliphatic carbocycles. The predicted octanol–water partition coefficient (Wildman–Crippen LogP) is 6.37. The molecule has 4 heteroatoms. The molecule has 0 rings (SSSR count). The second kappa shape index (κ2) is 18.2. The van der Waals surface area contributed by atoms with Crippen molar-refractivity contribution >= 4 is 11.9 Å². The maximum atomic E-state index is 10.8. The highest BCUT2D eigenvalue weighted by atomic mass is 16.4.